The predicted molar refractivity (Wildman–Crippen MR) is 104 cm³/mol. The Morgan fingerprint density at radius 2 is 1.96 bits per heavy atom. The van der Waals surface area contributed by atoms with Crippen LogP contribution in [0.15, 0.2) is 47.1 Å². The average Bonchev–Trinajstić information content (AvgIpc) is 3.24. The molecule has 27 heavy (non-hydrogen) atoms. The number of rotatable bonds is 6. The van der Waals surface area contributed by atoms with E-state index in [9.17, 15) is 4.79 Å². The van der Waals surface area contributed by atoms with Crippen molar-refractivity contribution in [2.24, 2.45) is 0 Å². The maximum absolute atomic E-state index is 12.5. The summed E-state index contributed by atoms with van der Waals surface area (Å²) in [5.41, 5.74) is 0.704. The van der Waals surface area contributed by atoms with E-state index in [-0.39, 0.29) is 12.1 Å². The van der Waals surface area contributed by atoms with Gasteiger partial charge >= 0.3 is 6.03 Å². The normalized spacial score (nSPS) is 24.6. The molecule has 2 N–H and O–H groups in total. The number of anilines is 1. The molecule has 1 aromatic carbocycles. The fraction of sp³-hybridized carbons (Fsp3) is 0.476. The number of ether oxygens (including phenoxy) is 1. The van der Waals surface area contributed by atoms with Crippen LogP contribution in [0.1, 0.15) is 38.4 Å². The van der Waals surface area contributed by atoms with Gasteiger partial charge in [-0.2, -0.15) is 0 Å². The first-order chi connectivity index (χ1) is 13.2. The van der Waals surface area contributed by atoms with Gasteiger partial charge in [0.25, 0.3) is 0 Å². The van der Waals surface area contributed by atoms with Crippen molar-refractivity contribution < 1.29 is 13.9 Å². The van der Waals surface area contributed by atoms with Crippen LogP contribution in [0.25, 0.3) is 0 Å². The van der Waals surface area contributed by atoms with Crippen LogP contribution in [0.2, 0.25) is 0 Å². The molecule has 0 aliphatic carbocycles. The molecule has 2 aliphatic rings. The van der Waals surface area contributed by atoms with Crippen molar-refractivity contribution in [1.29, 1.82) is 0 Å². The van der Waals surface area contributed by atoms with Crippen molar-refractivity contribution in [2.45, 2.75) is 57.3 Å². The fourth-order valence-corrected chi connectivity index (χ4v) is 4.43. The van der Waals surface area contributed by atoms with Crippen molar-refractivity contribution in [3.05, 3.63) is 48.4 Å². The lowest BCUT2D eigenvalue weighted by atomic mass is 9.97. The zero-order valence-corrected chi connectivity index (χ0v) is 15.7. The maximum atomic E-state index is 12.5. The largest absolute Gasteiger partial charge is 0.492 e. The lowest BCUT2D eigenvalue weighted by Crippen LogP contribution is -2.50. The highest BCUT2D eigenvalue weighted by molar-refractivity contribution is 5.91. The first-order valence-corrected chi connectivity index (χ1v) is 9.80. The number of hydrogen-bond donors (Lipinski definition) is 2. The Balaban J connectivity index is 1.33. The van der Waals surface area contributed by atoms with Crippen LogP contribution in [0, 0.1) is 0 Å². The summed E-state index contributed by atoms with van der Waals surface area (Å²) in [5, 5.41) is 6.10. The van der Waals surface area contributed by atoms with E-state index in [4.69, 9.17) is 9.15 Å². The van der Waals surface area contributed by atoms with Crippen LogP contribution in [-0.2, 0) is 6.54 Å². The number of carbonyl (C=O) groups is 1. The first kappa shape index (κ1) is 17.9. The molecule has 3 heterocycles. The van der Waals surface area contributed by atoms with Gasteiger partial charge in [-0.15, -0.1) is 0 Å². The standard InChI is InChI=1S/C21H27N3O3/c1-2-26-20-8-4-3-7-19(20)23-21(25)22-15-12-16-9-10-17(13-15)24(16)14-18-6-5-11-27-18/h3-8,11,15-17H,2,9-10,12-14H2,1H3,(H2,22,23,25)/t16-,17-/m1/s1. The molecule has 2 saturated heterocycles. The van der Waals surface area contributed by atoms with Gasteiger partial charge in [0.2, 0.25) is 0 Å². The third-order valence-electron chi connectivity index (χ3n) is 5.57. The highest BCUT2D eigenvalue weighted by atomic mass is 16.5. The lowest BCUT2D eigenvalue weighted by Gasteiger charge is -2.38. The van der Waals surface area contributed by atoms with Gasteiger partial charge in [-0.05, 0) is 56.9 Å². The summed E-state index contributed by atoms with van der Waals surface area (Å²) in [5.74, 6) is 1.71. The molecule has 1 aromatic heterocycles. The van der Waals surface area contributed by atoms with Gasteiger partial charge in [-0.3, -0.25) is 4.90 Å². The second-order valence-corrected chi connectivity index (χ2v) is 7.33. The molecule has 2 fully saturated rings. The van der Waals surface area contributed by atoms with Gasteiger partial charge in [-0.1, -0.05) is 12.1 Å². The molecule has 2 aromatic rings. The van der Waals surface area contributed by atoms with Gasteiger partial charge < -0.3 is 19.8 Å². The summed E-state index contributed by atoms with van der Waals surface area (Å²) in [7, 11) is 0. The first-order valence-electron chi connectivity index (χ1n) is 9.80. The number of nitrogens with zero attached hydrogens (tertiary/aromatic N) is 1. The number of carbonyl (C=O) groups excluding carboxylic acids is 1. The number of benzene rings is 1. The van der Waals surface area contributed by atoms with Crippen LogP contribution >= 0.6 is 0 Å². The molecule has 0 spiro atoms. The van der Waals surface area contributed by atoms with Crippen LogP contribution < -0.4 is 15.4 Å². The molecule has 0 unspecified atom stereocenters. The maximum Gasteiger partial charge on any atom is 0.319 e. The summed E-state index contributed by atoms with van der Waals surface area (Å²) < 4.78 is 11.1. The van der Waals surface area contributed by atoms with Crippen LogP contribution in [-0.4, -0.2) is 35.7 Å². The van der Waals surface area contributed by atoms with Gasteiger partial charge in [0.05, 0.1) is 25.1 Å². The summed E-state index contributed by atoms with van der Waals surface area (Å²) in [6.07, 6.45) is 6.09. The molecule has 0 saturated carbocycles. The minimum atomic E-state index is -0.161. The molecule has 2 atom stereocenters. The van der Waals surface area contributed by atoms with Crippen LogP contribution in [0.3, 0.4) is 0 Å². The van der Waals surface area contributed by atoms with Gasteiger partial charge in [0.15, 0.2) is 0 Å². The molecule has 6 nitrogen and oxygen atoms in total. The minimum Gasteiger partial charge on any atom is -0.492 e. The van der Waals surface area contributed by atoms with Gasteiger partial charge in [0.1, 0.15) is 11.5 Å². The molecular formula is C21H27N3O3. The van der Waals surface area contributed by atoms with E-state index >= 15 is 0 Å². The van der Waals surface area contributed by atoms with E-state index in [2.05, 4.69) is 15.5 Å². The predicted octanol–water partition coefficient (Wildman–Crippen LogP) is 4.00. The van der Waals surface area contributed by atoms with Crippen molar-refractivity contribution >= 4 is 11.7 Å². The summed E-state index contributed by atoms with van der Waals surface area (Å²) in [6.45, 7) is 3.36. The van der Waals surface area contributed by atoms with Crippen LogP contribution in [0.4, 0.5) is 10.5 Å². The SMILES string of the molecule is CCOc1ccccc1NC(=O)NC1C[C@H]2CC[C@H](C1)N2Cc1ccco1. The number of hydrogen-bond acceptors (Lipinski definition) is 4. The average molecular weight is 369 g/mol. The molecule has 2 amide bonds. The number of para-hydroxylation sites is 2. The van der Waals surface area contributed by atoms with E-state index in [1.807, 2.05) is 43.3 Å². The highest BCUT2D eigenvalue weighted by Gasteiger charge is 2.41. The van der Waals surface area contributed by atoms with Crippen molar-refractivity contribution in [3.63, 3.8) is 0 Å². The number of fused-ring (bicyclic) bond motifs is 2. The molecule has 4 rings (SSSR count). The zero-order chi connectivity index (χ0) is 18.6. The summed E-state index contributed by atoms with van der Waals surface area (Å²) >= 11 is 0. The van der Waals surface area contributed by atoms with Crippen molar-refractivity contribution in [1.82, 2.24) is 10.2 Å². The van der Waals surface area contributed by atoms with Crippen molar-refractivity contribution in [2.75, 3.05) is 11.9 Å². The number of furan rings is 1. The third-order valence-corrected chi connectivity index (χ3v) is 5.57. The third kappa shape index (κ3) is 4.11. The second-order valence-electron chi connectivity index (χ2n) is 7.33. The molecule has 0 radical (unpaired) electrons. The Morgan fingerprint density at radius 3 is 2.67 bits per heavy atom. The summed E-state index contributed by atoms with van der Waals surface area (Å²) in [4.78, 5) is 15.0. The second kappa shape index (κ2) is 8.05. The van der Waals surface area contributed by atoms with Gasteiger partial charge in [0, 0.05) is 18.1 Å². The van der Waals surface area contributed by atoms with E-state index in [1.54, 1.807) is 6.26 Å². The molecule has 2 bridgehead atoms. The number of piperidine rings is 1. The Morgan fingerprint density at radius 1 is 1.19 bits per heavy atom. The molecule has 144 valence electrons. The Labute approximate surface area is 159 Å². The summed E-state index contributed by atoms with van der Waals surface area (Å²) in [6, 6.07) is 12.6. The van der Waals surface area contributed by atoms with Gasteiger partial charge in [-0.25, -0.2) is 4.79 Å². The van der Waals surface area contributed by atoms with E-state index in [0.29, 0.717) is 30.1 Å². The topological polar surface area (TPSA) is 66.7 Å². The van der Waals surface area contributed by atoms with E-state index in [0.717, 1.165) is 25.1 Å². The number of nitrogens with one attached hydrogen (secondary N) is 2. The zero-order valence-electron chi connectivity index (χ0n) is 15.7. The smallest absolute Gasteiger partial charge is 0.319 e. The highest BCUT2D eigenvalue weighted by Crippen LogP contribution is 2.37. The van der Waals surface area contributed by atoms with E-state index < -0.39 is 0 Å². The van der Waals surface area contributed by atoms with Crippen LogP contribution in [0.5, 0.6) is 5.75 Å². The molecule has 2 aliphatic heterocycles. The molecular weight excluding hydrogens is 342 g/mol. The molecule has 6 heteroatoms. The van der Waals surface area contributed by atoms with Crippen molar-refractivity contribution in [3.8, 4) is 5.75 Å². The monoisotopic (exact) mass is 369 g/mol. The minimum absolute atomic E-state index is 0.161. The fourth-order valence-electron chi connectivity index (χ4n) is 4.43. The number of amides is 2. The Kier molecular flexibility index (Phi) is 5.34. The Hall–Kier alpha value is -2.47. The van der Waals surface area contributed by atoms with E-state index in [1.165, 1.54) is 12.8 Å². The Bertz CT molecular complexity index is 748. The quantitative estimate of drug-likeness (QED) is 0.808. The lowest BCUT2D eigenvalue weighted by molar-refractivity contribution is 0.104. The number of urea groups is 1.